The molecule has 0 amide bonds. The molecule has 1 rings (SSSR count). The fraction of sp³-hybridized carbons (Fsp3) is 0.579. The van der Waals surface area contributed by atoms with Crippen molar-refractivity contribution in [2.45, 2.75) is 65.7 Å². The minimum Gasteiger partial charge on any atom is -0.493 e. The molecule has 0 radical (unpaired) electrons. The summed E-state index contributed by atoms with van der Waals surface area (Å²) in [5, 5.41) is 0. The van der Waals surface area contributed by atoms with Crippen LogP contribution in [-0.2, 0) is 10.8 Å². The smallest absolute Gasteiger partial charge is 0.126 e. The van der Waals surface area contributed by atoms with E-state index in [0.717, 1.165) is 18.8 Å². The predicted molar refractivity (Wildman–Crippen MR) is 89.7 cm³/mol. The van der Waals surface area contributed by atoms with E-state index in [0.29, 0.717) is 0 Å². The fourth-order valence-electron chi connectivity index (χ4n) is 2.24. The van der Waals surface area contributed by atoms with Crippen molar-refractivity contribution in [1.29, 1.82) is 0 Å². The molecule has 0 saturated carbocycles. The fourth-order valence-corrected chi connectivity index (χ4v) is 2.24. The van der Waals surface area contributed by atoms with Gasteiger partial charge in [0, 0.05) is 11.1 Å². The summed E-state index contributed by atoms with van der Waals surface area (Å²) in [5.41, 5.74) is 3.83. The third-order valence-electron chi connectivity index (χ3n) is 3.41. The Bertz CT molecular complexity index is 435. The zero-order valence-electron chi connectivity index (χ0n) is 14.3. The van der Waals surface area contributed by atoms with Crippen LogP contribution in [0.4, 0.5) is 0 Å². The van der Waals surface area contributed by atoms with E-state index in [1.54, 1.807) is 0 Å². The Morgan fingerprint density at radius 3 is 1.75 bits per heavy atom. The van der Waals surface area contributed by atoms with Crippen molar-refractivity contribution in [2.75, 3.05) is 6.61 Å². The highest BCUT2D eigenvalue weighted by molar-refractivity contribution is 5.58. The topological polar surface area (TPSA) is 9.23 Å². The van der Waals surface area contributed by atoms with Crippen LogP contribution in [0.5, 0.6) is 5.75 Å². The maximum Gasteiger partial charge on any atom is 0.126 e. The second-order valence-corrected chi connectivity index (χ2v) is 7.50. The summed E-state index contributed by atoms with van der Waals surface area (Å²) >= 11 is 0. The van der Waals surface area contributed by atoms with E-state index in [2.05, 4.69) is 67.2 Å². The predicted octanol–water partition coefficient (Wildman–Crippen LogP) is 5.71. The molecule has 0 atom stereocenters. The SMILES string of the molecule is C=Cc1cc(C(C)(C)C)c(OCCC)c(C(C)(C)C)c1. The molecule has 0 aliphatic carbocycles. The van der Waals surface area contributed by atoms with Crippen molar-refractivity contribution in [3.63, 3.8) is 0 Å². The summed E-state index contributed by atoms with van der Waals surface area (Å²) in [4.78, 5) is 0. The van der Waals surface area contributed by atoms with Crippen LogP contribution in [0.1, 0.15) is 71.6 Å². The lowest BCUT2D eigenvalue weighted by atomic mass is 9.78. The Morgan fingerprint density at radius 1 is 1.00 bits per heavy atom. The Hall–Kier alpha value is -1.24. The van der Waals surface area contributed by atoms with E-state index in [9.17, 15) is 0 Å². The lowest BCUT2D eigenvalue weighted by Crippen LogP contribution is -2.20. The van der Waals surface area contributed by atoms with Gasteiger partial charge in [-0.15, -0.1) is 0 Å². The summed E-state index contributed by atoms with van der Waals surface area (Å²) in [7, 11) is 0. The van der Waals surface area contributed by atoms with Gasteiger partial charge in [0.1, 0.15) is 5.75 Å². The maximum atomic E-state index is 6.14. The monoisotopic (exact) mass is 274 g/mol. The molecule has 0 aliphatic rings. The lowest BCUT2D eigenvalue weighted by Gasteiger charge is -2.30. The number of hydrogen-bond donors (Lipinski definition) is 0. The minimum atomic E-state index is 0.0576. The molecule has 20 heavy (non-hydrogen) atoms. The van der Waals surface area contributed by atoms with Gasteiger partial charge in [0.25, 0.3) is 0 Å². The van der Waals surface area contributed by atoms with E-state index in [1.807, 2.05) is 6.08 Å². The lowest BCUT2D eigenvalue weighted by molar-refractivity contribution is 0.300. The van der Waals surface area contributed by atoms with Crippen LogP contribution in [0.2, 0.25) is 0 Å². The highest BCUT2D eigenvalue weighted by Crippen LogP contribution is 2.41. The summed E-state index contributed by atoms with van der Waals surface area (Å²) in [5.74, 6) is 1.07. The molecule has 0 aliphatic heterocycles. The molecule has 0 N–H and O–H groups in total. The van der Waals surface area contributed by atoms with Crippen LogP contribution in [-0.4, -0.2) is 6.61 Å². The van der Waals surface area contributed by atoms with Crippen molar-refractivity contribution in [3.8, 4) is 5.75 Å². The number of rotatable bonds is 4. The quantitative estimate of drug-likeness (QED) is 0.683. The van der Waals surface area contributed by atoms with E-state index in [1.165, 1.54) is 16.7 Å². The van der Waals surface area contributed by atoms with Gasteiger partial charge in [0.05, 0.1) is 6.61 Å². The molecule has 0 fully saturated rings. The molecule has 1 nitrogen and oxygen atoms in total. The Kier molecular flexibility index (Phi) is 5.07. The van der Waals surface area contributed by atoms with Crippen LogP contribution in [0.25, 0.3) is 6.08 Å². The van der Waals surface area contributed by atoms with Gasteiger partial charge in [-0.2, -0.15) is 0 Å². The van der Waals surface area contributed by atoms with Crippen molar-refractivity contribution >= 4 is 6.08 Å². The van der Waals surface area contributed by atoms with Gasteiger partial charge in [-0.1, -0.05) is 61.1 Å². The van der Waals surface area contributed by atoms with Crippen molar-refractivity contribution < 1.29 is 4.74 Å². The van der Waals surface area contributed by atoms with Gasteiger partial charge < -0.3 is 4.74 Å². The van der Waals surface area contributed by atoms with Gasteiger partial charge in [-0.3, -0.25) is 0 Å². The van der Waals surface area contributed by atoms with Gasteiger partial charge in [-0.05, 0) is 34.9 Å². The number of hydrogen-bond acceptors (Lipinski definition) is 1. The molecule has 1 heteroatoms. The summed E-state index contributed by atoms with van der Waals surface area (Å²) in [6.07, 6.45) is 2.95. The molecule has 0 bridgehead atoms. The van der Waals surface area contributed by atoms with Gasteiger partial charge >= 0.3 is 0 Å². The molecule has 1 aromatic rings. The first-order chi connectivity index (χ1) is 9.11. The summed E-state index contributed by atoms with van der Waals surface area (Å²) in [6.45, 7) is 20.3. The Labute approximate surface area is 125 Å². The van der Waals surface area contributed by atoms with Gasteiger partial charge in [0.2, 0.25) is 0 Å². The standard InChI is InChI=1S/C19H30O/c1-9-11-20-17-15(18(3,4)5)12-14(10-2)13-16(17)19(6,7)8/h10,12-13H,2,9,11H2,1,3-8H3. The zero-order chi connectivity index (χ0) is 15.6. The van der Waals surface area contributed by atoms with Crippen LogP contribution in [0.3, 0.4) is 0 Å². The Balaban J connectivity index is 3.58. The van der Waals surface area contributed by atoms with Crippen LogP contribution in [0, 0.1) is 0 Å². The van der Waals surface area contributed by atoms with Crippen LogP contribution in [0.15, 0.2) is 18.7 Å². The molecule has 1 aromatic carbocycles. The number of benzene rings is 1. The molecule has 0 aromatic heterocycles. The second-order valence-electron chi connectivity index (χ2n) is 7.50. The van der Waals surface area contributed by atoms with Crippen LogP contribution < -0.4 is 4.74 Å². The summed E-state index contributed by atoms with van der Waals surface area (Å²) in [6, 6.07) is 4.43. The van der Waals surface area contributed by atoms with Gasteiger partial charge in [-0.25, -0.2) is 0 Å². The van der Waals surface area contributed by atoms with Crippen molar-refractivity contribution in [1.82, 2.24) is 0 Å². The first-order valence-electron chi connectivity index (χ1n) is 7.55. The molecular formula is C19H30O. The largest absolute Gasteiger partial charge is 0.493 e. The zero-order valence-corrected chi connectivity index (χ0v) is 14.3. The highest BCUT2D eigenvalue weighted by Gasteiger charge is 2.27. The molecule has 0 saturated heterocycles. The normalized spacial score (nSPS) is 12.3. The molecule has 0 spiro atoms. The molecule has 0 unspecified atom stereocenters. The first-order valence-corrected chi connectivity index (χ1v) is 7.55. The average molecular weight is 274 g/mol. The van der Waals surface area contributed by atoms with E-state index < -0.39 is 0 Å². The van der Waals surface area contributed by atoms with E-state index in [-0.39, 0.29) is 10.8 Å². The molecule has 112 valence electrons. The van der Waals surface area contributed by atoms with Crippen LogP contribution >= 0.6 is 0 Å². The highest BCUT2D eigenvalue weighted by atomic mass is 16.5. The van der Waals surface area contributed by atoms with Gasteiger partial charge in [0.15, 0.2) is 0 Å². The third-order valence-corrected chi connectivity index (χ3v) is 3.41. The summed E-state index contributed by atoms with van der Waals surface area (Å²) < 4.78 is 6.14. The molecular weight excluding hydrogens is 244 g/mol. The maximum absolute atomic E-state index is 6.14. The molecule has 0 heterocycles. The van der Waals surface area contributed by atoms with E-state index in [4.69, 9.17) is 4.74 Å². The first kappa shape index (κ1) is 16.8. The van der Waals surface area contributed by atoms with Crippen molar-refractivity contribution in [3.05, 3.63) is 35.4 Å². The average Bonchev–Trinajstić information content (AvgIpc) is 2.33. The minimum absolute atomic E-state index is 0.0576. The third kappa shape index (κ3) is 3.88. The Morgan fingerprint density at radius 2 is 1.45 bits per heavy atom. The van der Waals surface area contributed by atoms with Crippen molar-refractivity contribution in [2.24, 2.45) is 0 Å². The number of ether oxygens (including phenoxy) is 1. The van der Waals surface area contributed by atoms with E-state index >= 15 is 0 Å². The second kappa shape index (κ2) is 6.03.